The van der Waals surface area contributed by atoms with E-state index in [4.69, 9.17) is 9.29 Å². The molecule has 0 aliphatic rings. The average molecular weight is 374 g/mol. The van der Waals surface area contributed by atoms with Gasteiger partial charge in [-0.3, -0.25) is 9.35 Å². The van der Waals surface area contributed by atoms with E-state index in [2.05, 4.69) is 13.8 Å². The summed E-state index contributed by atoms with van der Waals surface area (Å²) in [4.78, 5) is 11.5. The van der Waals surface area contributed by atoms with Crippen LogP contribution in [-0.2, 0) is 19.6 Å². The predicted molar refractivity (Wildman–Crippen MR) is 92.7 cm³/mol. The molecule has 0 aromatic carbocycles. The van der Waals surface area contributed by atoms with Gasteiger partial charge in [0.05, 0.1) is 0 Å². The zero-order valence-corrected chi connectivity index (χ0v) is 18.7. The van der Waals surface area contributed by atoms with Crippen LogP contribution < -0.4 is 29.6 Å². The Kier molecular flexibility index (Phi) is 17.3. The third-order valence-corrected chi connectivity index (χ3v) is 4.93. The summed E-state index contributed by atoms with van der Waals surface area (Å²) in [6, 6.07) is 0. The number of carbonyl (C=O) groups is 1. The molecule has 0 fully saturated rings. The quantitative estimate of drug-likeness (QED) is 0.217. The largest absolute Gasteiger partial charge is 1.00 e. The van der Waals surface area contributed by atoms with Gasteiger partial charge in [0.15, 0.2) is 0 Å². The summed E-state index contributed by atoms with van der Waals surface area (Å²) < 4.78 is 35.5. The van der Waals surface area contributed by atoms with E-state index in [0.29, 0.717) is 6.42 Å². The molecule has 0 heterocycles. The number of hydrogen-bond donors (Lipinski definition) is 1. The normalized spacial score (nSPS) is 12.7. The number of unbranched alkanes of at least 4 members (excludes halogenated alkanes) is 7. The van der Waals surface area contributed by atoms with Gasteiger partial charge >= 0.3 is 45.6 Å². The van der Waals surface area contributed by atoms with Crippen molar-refractivity contribution in [2.75, 3.05) is 0 Å². The van der Waals surface area contributed by atoms with Crippen LogP contribution in [0.3, 0.4) is 0 Å². The summed E-state index contributed by atoms with van der Waals surface area (Å²) in [6.45, 7) is 6.06. The molecule has 0 aromatic heterocycles. The van der Waals surface area contributed by atoms with Crippen LogP contribution in [0.4, 0.5) is 0 Å². The second-order valence-electron chi connectivity index (χ2n) is 6.60. The van der Waals surface area contributed by atoms with Crippen molar-refractivity contribution in [1.82, 2.24) is 0 Å². The summed E-state index contributed by atoms with van der Waals surface area (Å²) in [6.07, 6.45) is 10.6. The number of carbonyl (C=O) groups excluding carboxylic acids is 1. The summed E-state index contributed by atoms with van der Waals surface area (Å²) in [5.41, 5.74) is -1.43. The fourth-order valence-electron chi connectivity index (χ4n) is 2.44. The molecule has 0 aliphatic carbocycles. The average Bonchev–Trinajstić information content (AvgIpc) is 2.45. The Hall–Kier alpha value is 0.380. The first-order valence-electron chi connectivity index (χ1n) is 8.93. The van der Waals surface area contributed by atoms with Crippen molar-refractivity contribution in [2.24, 2.45) is 5.92 Å². The van der Waals surface area contributed by atoms with Crippen LogP contribution in [0.5, 0.6) is 0 Å². The van der Waals surface area contributed by atoms with E-state index in [1.165, 1.54) is 38.5 Å². The number of ether oxygens (including phenoxy) is 1. The summed E-state index contributed by atoms with van der Waals surface area (Å²) >= 11 is 0. The zero-order chi connectivity index (χ0) is 17.7. The standard InChI is InChI=1S/C17H34O5S.Na/c1-4-17(23(19,20)21)22-16(18)14-12-10-8-6-5-7-9-11-13-15(2)3;/h15,17H,4-14H2,1-3H3,(H,19,20,21);/q;+1. The SMILES string of the molecule is CCC(OC(=O)CCCCCCCCCCC(C)C)S(=O)(=O)O.[Na+]. The van der Waals surface area contributed by atoms with Crippen molar-refractivity contribution in [3.05, 3.63) is 0 Å². The first-order valence-corrected chi connectivity index (χ1v) is 10.4. The summed E-state index contributed by atoms with van der Waals surface area (Å²) in [5.74, 6) is 0.242. The molecule has 5 nitrogen and oxygen atoms in total. The van der Waals surface area contributed by atoms with Gasteiger partial charge in [-0.05, 0) is 18.8 Å². The van der Waals surface area contributed by atoms with Crippen LogP contribution in [0.15, 0.2) is 0 Å². The molecular formula is C17H34NaO5S+. The van der Waals surface area contributed by atoms with Crippen molar-refractivity contribution in [2.45, 2.75) is 96.8 Å². The van der Waals surface area contributed by atoms with E-state index in [9.17, 15) is 13.2 Å². The van der Waals surface area contributed by atoms with Crippen molar-refractivity contribution in [3.63, 3.8) is 0 Å². The molecule has 0 saturated heterocycles. The smallest absolute Gasteiger partial charge is 0.443 e. The molecule has 1 atom stereocenters. The number of hydrogen-bond acceptors (Lipinski definition) is 4. The molecule has 0 aliphatic heterocycles. The Labute approximate surface area is 170 Å². The first-order chi connectivity index (χ1) is 10.8. The molecule has 0 amide bonds. The molecule has 0 radical (unpaired) electrons. The molecule has 1 N–H and O–H groups in total. The fraction of sp³-hybridized carbons (Fsp3) is 0.941. The number of rotatable bonds is 14. The molecule has 0 saturated carbocycles. The molecule has 7 heteroatoms. The Bertz CT molecular complexity index is 409. The molecular weight excluding hydrogens is 339 g/mol. The third-order valence-electron chi connectivity index (χ3n) is 3.84. The minimum atomic E-state index is -4.31. The van der Waals surface area contributed by atoms with Gasteiger partial charge < -0.3 is 4.74 Å². The zero-order valence-electron chi connectivity index (χ0n) is 15.9. The molecule has 0 bridgehead atoms. The Morgan fingerprint density at radius 3 is 1.83 bits per heavy atom. The second-order valence-corrected chi connectivity index (χ2v) is 8.16. The Balaban J connectivity index is 0. The van der Waals surface area contributed by atoms with E-state index < -0.39 is 21.5 Å². The van der Waals surface area contributed by atoms with E-state index in [1.807, 2.05) is 0 Å². The van der Waals surface area contributed by atoms with Crippen molar-refractivity contribution < 1.29 is 52.1 Å². The van der Waals surface area contributed by atoms with Crippen molar-refractivity contribution in [3.8, 4) is 0 Å². The van der Waals surface area contributed by atoms with Crippen molar-refractivity contribution >= 4 is 16.1 Å². The van der Waals surface area contributed by atoms with Gasteiger partial charge in [0.25, 0.3) is 0 Å². The van der Waals surface area contributed by atoms with E-state index in [-0.39, 0.29) is 42.4 Å². The summed E-state index contributed by atoms with van der Waals surface area (Å²) in [7, 11) is -4.31. The van der Waals surface area contributed by atoms with Gasteiger partial charge in [0, 0.05) is 6.42 Å². The van der Waals surface area contributed by atoms with Crippen LogP contribution in [-0.4, -0.2) is 24.4 Å². The van der Waals surface area contributed by atoms with Crippen molar-refractivity contribution in [1.29, 1.82) is 0 Å². The maximum atomic E-state index is 11.5. The van der Waals surface area contributed by atoms with E-state index in [0.717, 1.165) is 18.8 Å². The van der Waals surface area contributed by atoms with Gasteiger partial charge in [-0.15, -0.1) is 0 Å². The van der Waals surface area contributed by atoms with Crippen LogP contribution >= 0.6 is 0 Å². The molecule has 0 spiro atoms. The monoisotopic (exact) mass is 373 g/mol. The van der Waals surface area contributed by atoms with Gasteiger partial charge in [0.1, 0.15) is 0 Å². The first kappa shape index (κ1) is 26.6. The Morgan fingerprint density at radius 1 is 0.958 bits per heavy atom. The molecule has 1 unspecified atom stereocenters. The van der Waals surface area contributed by atoms with Crippen LogP contribution in [0.25, 0.3) is 0 Å². The minimum Gasteiger partial charge on any atom is -0.443 e. The minimum absolute atomic E-state index is 0. The molecule has 0 rings (SSSR count). The molecule has 24 heavy (non-hydrogen) atoms. The second kappa shape index (κ2) is 15.6. The van der Waals surface area contributed by atoms with Gasteiger partial charge in [0.2, 0.25) is 5.44 Å². The maximum absolute atomic E-state index is 11.5. The molecule has 138 valence electrons. The van der Waals surface area contributed by atoms with Gasteiger partial charge in [-0.25, -0.2) is 0 Å². The Morgan fingerprint density at radius 2 is 1.42 bits per heavy atom. The van der Waals surface area contributed by atoms with Crippen LogP contribution in [0, 0.1) is 5.92 Å². The number of esters is 1. The van der Waals surface area contributed by atoms with Crippen LogP contribution in [0.2, 0.25) is 0 Å². The van der Waals surface area contributed by atoms with E-state index >= 15 is 0 Å². The fourth-order valence-corrected chi connectivity index (χ4v) is 3.09. The summed E-state index contributed by atoms with van der Waals surface area (Å²) in [5, 5.41) is 0. The van der Waals surface area contributed by atoms with Gasteiger partial charge in [-0.2, -0.15) is 8.42 Å². The van der Waals surface area contributed by atoms with Gasteiger partial charge in [-0.1, -0.05) is 72.1 Å². The maximum Gasteiger partial charge on any atom is 1.00 e. The molecule has 0 aromatic rings. The van der Waals surface area contributed by atoms with Crippen LogP contribution in [0.1, 0.15) is 91.4 Å². The van der Waals surface area contributed by atoms with E-state index in [1.54, 1.807) is 6.92 Å². The predicted octanol–water partition coefficient (Wildman–Crippen LogP) is 1.71. The third kappa shape index (κ3) is 15.9. The topological polar surface area (TPSA) is 80.7 Å².